The first-order chi connectivity index (χ1) is 9.24. The average molecular weight is 365 g/mol. The van der Waals surface area contributed by atoms with Gasteiger partial charge in [-0.15, -0.1) is 0 Å². The van der Waals surface area contributed by atoms with Gasteiger partial charge >= 0.3 is 0 Å². The SMILES string of the molecule is Cc1ccc(NC2COCc3ccccc32)cc1I. The van der Waals surface area contributed by atoms with Gasteiger partial charge < -0.3 is 10.1 Å². The lowest BCUT2D eigenvalue weighted by molar-refractivity contribution is 0.0970. The molecule has 3 heteroatoms. The number of benzene rings is 2. The predicted molar refractivity (Wildman–Crippen MR) is 86.4 cm³/mol. The molecule has 0 bridgehead atoms. The number of aryl methyl sites for hydroxylation is 1. The van der Waals surface area contributed by atoms with Crippen molar-refractivity contribution in [3.63, 3.8) is 0 Å². The fourth-order valence-electron chi connectivity index (χ4n) is 2.39. The van der Waals surface area contributed by atoms with Crippen molar-refractivity contribution in [1.82, 2.24) is 0 Å². The van der Waals surface area contributed by atoms with Gasteiger partial charge in [0, 0.05) is 9.26 Å². The summed E-state index contributed by atoms with van der Waals surface area (Å²) < 4.78 is 6.96. The molecule has 19 heavy (non-hydrogen) atoms. The first-order valence-electron chi connectivity index (χ1n) is 6.42. The van der Waals surface area contributed by atoms with Crippen LogP contribution >= 0.6 is 22.6 Å². The summed E-state index contributed by atoms with van der Waals surface area (Å²) in [7, 11) is 0. The molecule has 1 aliphatic rings. The van der Waals surface area contributed by atoms with Crippen LogP contribution in [0.5, 0.6) is 0 Å². The molecule has 0 radical (unpaired) electrons. The highest BCUT2D eigenvalue weighted by molar-refractivity contribution is 14.1. The van der Waals surface area contributed by atoms with Crippen molar-refractivity contribution >= 4 is 28.3 Å². The number of fused-ring (bicyclic) bond motifs is 1. The van der Waals surface area contributed by atoms with Crippen molar-refractivity contribution in [1.29, 1.82) is 0 Å². The van der Waals surface area contributed by atoms with Crippen molar-refractivity contribution in [3.8, 4) is 0 Å². The second-order valence-corrected chi connectivity index (χ2v) is 6.04. The third kappa shape index (κ3) is 2.77. The van der Waals surface area contributed by atoms with Gasteiger partial charge in [0.15, 0.2) is 0 Å². The van der Waals surface area contributed by atoms with E-state index in [-0.39, 0.29) is 6.04 Å². The molecule has 0 aliphatic carbocycles. The Bertz CT molecular complexity index is 597. The fourth-order valence-corrected chi connectivity index (χ4v) is 2.90. The average Bonchev–Trinajstić information content (AvgIpc) is 2.43. The summed E-state index contributed by atoms with van der Waals surface area (Å²) >= 11 is 2.37. The largest absolute Gasteiger partial charge is 0.376 e. The minimum absolute atomic E-state index is 0.239. The lowest BCUT2D eigenvalue weighted by Gasteiger charge is -2.27. The van der Waals surface area contributed by atoms with Gasteiger partial charge in [-0.3, -0.25) is 0 Å². The first kappa shape index (κ1) is 12.9. The van der Waals surface area contributed by atoms with E-state index in [2.05, 4.69) is 77.3 Å². The standard InChI is InChI=1S/C16H16INO/c1-11-6-7-13(8-15(11)17)18-16-10-19-9-12-4-2-3-5-14(12)16/h2-8,16,18H,9-10H2,1H3. The highest BCUT2D eigenvalue weighted by Crippen LogP contribution is 2.28. The van der Waals surface area contributed by atoms with Crippen LogP contribution in [0.25, 0.3) is 0 Å². The summed E-state index contributed by atoms with van der Waals surface area (Å²) in [5.41, 5.74) is 5.10. The third-order valence-corrected chi connectivity index (χ3v) is 4.65. The van der Waals surface area contributed by atoms with Gasteiger partial charge in [0.25, 0.3) is 0 Å². The molecule has 3 rings (SSSR count). The van der Waals surface area contributed by atoms with Crippen molar-refractivity contribution in [2.75, 3.05) is 11.9 Å². The maximum absolute atomic E-state index is 5.67. The Morgan fingerprint density at radius 2 is 2.05 bits per heavy atom. The van der Waals surface area contributed by atoms with E-state index in [1.807, 2.05) is 0 Å². The molecule has 2 aromatic rings. The fraction of sp³-hybridized carbons (Fsp3) is 0.250. The molecule has 98 valence electrons. The molecule has 0 amide bonds. The number of hydrogen-bond acceptors (Lipinski definition) is 2. The van der Waals surface area contributed by atoms with Crippen LogP contribution in [0, 0.1) is 10.5 Å². The predicted octanol–water partition coefficient (Wildman–Crippen LogP) is 4.28. The van der Waals surface area contributed by atoms with Gasteiger partial charge in [-0.1, -0.05) is 30.3 Å². The Labute approximate surface area is 127 Å². The van der Waals surface area contributed by atoms with Gasteiger partial charge in [-0.25, -0.2) is 0 Å². The van der Waals surface area contributed by atoms with Crippen LogP contribution < -0.4 is 5.32 Å². The Morgan fingerprint density at radius 3 is 2.89 bits per heavy atom. The number of halogens is 1. The van der Waals surface area contributed by atoms with Crippen molar-refractivity contribution < 1.29 is 4.74 Å². The minimum atomic E-state index is 0.239. The molecule has 1 N–H and O–H groups in total. The first-order valence-corrected chi connectivity index (χ1v) is 7.50. The molecule has 1 heterocycles. The van der Waals surface area contributed by atoms with E-state index in [9.17, 15) is 0 Å². The van der Waals surface area contributed by atoms with E-state index in [0.29, 0.717) is 0 Å². The second-order valence-electron chi connectivity index (χ2n) is 4.87. The number of hydrogen-bond donors (Lipinski definition) is 1. The molecule has 0 saturated carbocycles. The van der Waals surface area contributed by atoms with Crippen LogP contribution in [-0.4, -0.2) is 6.61 Å². The summed E-state index contributed by atoms with van der Waals surface area (Å²) in [4.78, 5) is 0. The summed E-state index contributed by atoms with van der Waals surface area (Å²) in [5, 5.41) is 3.58. The molecule has 0 spiro atoms. The second kappa shape index (κ2) is 5.51. The molecule has 2 aromatic carbocycles. The van der Waals surface area contributed by atoms with Crippen LogP contribution in [0.3, 0.4) is 0 Å². The molecule has 0 aromatic heterocycles. The molecule has 0 fully saturated rings. The molecular formula is C16H16INO. The summed E-state index contributed by atoms with van der Waals surface area (Å²) in [6, 6.07) is 15.2. The number of ether oxygens (including phenoxy) is 1. The lowest BCUT2D eigenvalue weighted by Crippen LogP contribution is -2.23. The van der Waals surface area contributed by atoms with Gasteiger partial charge in [0.1, 0.15) is 0 Å². The van der Waals surface area contributed by atoms with Crippen LogP contribution in [0.15, 0.2) is 42.5 Å². The molecule has 2 nitrogen and oxygen atoms in total. The monoisotopic (exact) mass is 365 g/mol. The molecule has 1 aliphatic heterocycles. The van der Waals surface area contributed by atoms with Crippen LogP contribution in [-0.2, 0) is 11.3 Å². The molecule has 0 saturated heterocycles. The summed E-state index contributed by atoms with van der Waals surface area (Å²) in [6.45, 7) is 3.58. The van der Waals surface area contributed by atoms with Crippen molar-refractivity contribution in [2.24, 2.45) is 0 Å². The Kier molecular flexibility index (Phi) is 3.75. The van der Waals surface area contributed by atoms with Gasteiger partial charge in [-0.05, 0) is 58.3 Å². The van der Waals surface area contributed by atoms with Gasteiger partial charge in [0.05, 0.1) is 19.3 Å². The molecule has 1 unspecified atom stereocenters. The van der Waals surface area contributed by atoms with Crippen LogP contribution in [0.4, 0.5) is 5.69 Å². The quantitative estimate of drug-likeness (QED) is 0.802. The maximum atomic E-state index is 5.67. The van der Waals surface area contributed by atoms with Crippen molar-refractivity contribution in [2.45, 2.75) is 19.6 Å². The lowest BCUT2D eigenvalue weighted by atomic mass is 9.99. The molecule has 1 atom stereocenters. The zero-order valence-corrected chi connectivity index (χ0v) is 13.0. The minimum Gasteiger partial charge on any atom is -0.376 e. The van der Waals surface area contributed by atoms with Gasteiger partial charge in [-0.2, -0.15) is 0 Å². The van der Waals surface area contributed by atoms with Crippen LogP contribution in [0.1, 0.15) is 22.7 Å². The third-order valence-electron chi connectivity index (χ3n) is 3.49. The highest BCUT2D eigenvalue weighted by Gasteiger charge is 2.20. The summed E-state index contributed by atoms with van der Waals surface area (Å²) in [5.74, 6) is 0. The molecular weight excluding hydrogens is 349 g/mol. The van der Waals surface area contributed by atoms with E-state index < -0.39 is 0 Å². The van der Waals surface area contributed by atoms with E-state index in [1.54, 1.807) is 0 Å². The topological polar surface area (TPSA) is 21.3 Å². The van der Waals surface area contributed by atoms with Gasteiger partial charge in [0.2, 0.25) is 0 Å². The van der Waals surface area contributed by atoms with E-state index in [0.717, 1.165) is 18.9 Å². The maximum Gasteiger partial charge on any atom is 0.0751 e. The number of nitrogens with one attached hydrogen (secondary N) is 1. The Morgan fingerprint density at radius 1 is 1.21 bits per heavy atom. The highest BCUT2D eigenvalue weighted by atomic mass is 127. The zero-order valence-electron chi connectivity index (χ0n) is 10.8. The van der Waals surface area contributed by atoms with Crippen molar-refractivity contribution in [3.05, 3.63) is 62.7 Å². The Balaban J connectivity index is 1.86. The Hall–Kier alpha value is -1.07. The van der Waals surface area contributed by atoms with E-state index in [4.69, 9.17) is 4.74 Å². The number of anilines is 1. The smallest absolute Gasteiger partial charge is 0.0751 e. The van der Waals surface area contributed by atoms with E-state index in [1.165, 1.54) is 20.3 Å². The summed E-state index contributed by atoms with van der Waals surface area (Å²) in [6.07, 6.45) is 0. The number of rotatable bonds is 2. The van der Waals surface area contributed by atoms with E-state index >= 15 is 0 Å². The normalized spacial score (nSPS) is 17.9. The van der Waals surface area contributed by atoms with Crippen LogP contribution in [0.2, 0.25) is 0 Å². The zero-order chi connectivity index (χ0) is 13.2.